The molecule has 24 heavy (non-hydrogen) atoms. The van der Waals surface area contributed by atoms with Crippen LogP contribution in [0, 0.1) is 0 Å². The van der Waals surface area contributed by atoms with Crippen molar-refractivity contribution < 1.29 is 9.47 Å². The fourth-order valence-corrected chi connectivity index (χ4v) is 4.30. The molecular formula is C20H26ClNO2. The molecule has 0 bridgehead atoms. The lowest BCUT2D eigenvalue weighted by molar-refractivity contribution is -0.193. The molecule has 1 saturated carbocycles. The zero-order valence-corrected chi connectivity index (χ0v) is 15.3. The fourth-order valence-electron chi connectivity index (χ4n) is 4.30. The van der Waals surface area contributed by atoms with Crippen LogP contribution in [0.3, 0.4) is 0 Å². The summed E-state index contributed by atoms with van der Waals surface area (Å²) in [6.07, 6.45) is 4.08. The zero-order valence-electron chi connectivity index (χ0n) is 14.5. The monoisotopic (exact) mass is 347 g/mol. The molecule has 1 spiro atoms. The topological polar surface area (TPSA) is 21.7 Å². The molecule has 0 aromatic heterocycles. The number of rotatable bonds is 2. The Hall–Kier alpha value is -1.13. The molecule has 130 valence electrons. The molecule has 4 rings (SSSR count). The Balaban J connectivity index is 0.00000169. The highest BCUT2D eigenvalue weighted by Gasteiger charge is 2.48. The second kappa shape index (κ2) is 6.64. The minimum atomic E-state index is -0.309. The van der Waals surface area contributed by atoms with Gasteiger partial charge in [-0.1, -0.05) is 36.4 Å². The number of hydrogen-bond acceptors (Lipinski definition) is 3. The lowest BCUT2D eigenvalue weighted by atomic mass is 9.73. The first kappa shape index (κ1) is 17.7. The van der Waals surface area contributed by atoms with Gasteiger partial charge in [-0.3, -0.25) is 4.90 Å². The standard InChI is InChI=1S/C20H25NO2.ClH/c1-21(2)19(9-11-20(12-10-19)22-13-14-23-20)18-8-7-16-5-3-4-6-17(16)15-18;/h3-8,15H,9-14H2,1-2H3;1H. The van der Waals surface area contributed by atoms with Gasteiger partial charge in [-0.15, -0.1) is 12.4 Å². The summed E-state index contributed by atoms with van der Waals surface area (Å²) in [7, 11) is 4.40. The summed E-state index contributed by atoms with van der Waals surface area (Å²) >= 11 is 0. The van der Waals surface area contributed by atoms with Crippen molar-refractivity contribution in [3.05, 3.63) is 48.0 Å². The molecule has 1 saturated heterocycles. The molecule has 0 N–H and O–H groups in total. The Morgan fingerprint density at radius 3 is 2.08 bits per heavy atom. The van der Waals surface area contributed by atoms with Crippen LogP contribution in [0.2, 0.25) is 0 Å². The average molecular weight is 348 g/mol. The number of fused-ring (bicyclic) bond motifs is 1. The van der Waals surface area contributed by atoms with Crippen molar-refractivity contribution in [2.45, 2.75) is 37.0 Å². The Labute approximate surface area is 150 Å². The van der Waals surface area contributed by atoms with E-state index in [-0.39, 0.29) is 23.7 Å². The van der Waals surface area contributed by atoms with Gasteiger partial charge in [0.1, 0.15) is 0 Å². The van der Waals surface area contributed by atoms with Crippen LogP contribution in [0.5, 0.6) is 0 Å². The van der Waals surface area contributed by atoms with Crippen LogP contribution in [0.4, 0.5) is 0 Å². The number of ether oxygens (including phenoxy) is 2. The quantitative estimate of drug-likeness (QED) is 0.806. The van der Waals surface area contributed by atoms with Gasteiger partial charge in [0.05, 0.1) is 13.2 Å². The predicted octanol–water partition coefficient (Wildman–Crippen LogP) is 4.34. The van der Waals surface area contributed by atoms with Gasteiger partial charge in [0.2, 0.25) is 0 Å². The highest BCUT2D eigenvalue weighted by molar-refractivity contribution is 5.85. The molecule has 2 aromatic carbocycles. The molecule has 0 unspecified atom stereocenters. The van der Waals surface area contributed by atoms with Crippen LogP contribution in [-0.4, -0.2) is 38.0 Å². The van der Waals surface area contributed by atoms with Gasteiger partial charge in [0.15, 0.2) is 5.79 Å². The van der Waals surface area contributed by atoms with Crippen LogP contribution >= 0.6 is 12.4 Å². The van der Waals surface area contributed by atoms with E-state index in [0.717, 1.165) is 38.9 Å². The normalized spacial score (nSPS) is 22.0. The zero-order chi connectivity index (χ0) is 15.9. The smallest absolute Gasteiger partial charge is 0.168 e. The summed E-state index contributed by atoms with van der Waals surface area (Å²) in [5, 5.41) is 2.62. The van der Waals surface area contributed by atoms with E-state index in [9.17, 15) is 0 Å². The summed E-state index contributed by atoms with van der Waals surface area (Å²) in [5.74, 6) is -0.309. The van der Waals surface area contributed by atoms with E-state index >= 15 is 0 Å². The number of benzene rings is 2. The van der Waals surface area contributed by atoms with Crippen molar-refractivity contribution in [1.82, 2.24) is 4.90 Å². The maximum Gasteiger partial charge on any atom is 0.168 e. The van der Waals surface area contributed by atoms with Crippen LogP contribution in [0.15, 0.2) is 42.5 Å². The van der Waals surface area contributed by atoms with Gasteiger partial charge in [-0.2, -0.15) is 0 Å². The summed E-state index contributed by atoms with van der Waals surface area (Å²) in [5.41, 5.74) is 1.49. The Morgan fingerprint density at radius 1 is 0.833 bits per heavy atom. The van der Waals surface area contributed by atoms with E-state index in [1.807, 2.05) is 0 Å². The molecule has 2 fully saturated rings. The van der Waals surface area contributed by atoms with Gasteiger partial charge in [0, 0.05) is 18.4 Å². The van der Waals surface area contributed by atoms with Crippen molar-refractivity contribution in [1.29, 1.82) is 0 Å². The van der Waals surface area contributed by atoms with Crippen LogP contribution in [0.1, 0.15) is 31.2 Å². The molecule has 2 aliphatic rings. The minimum absolute atomic E-state index is 0. The molecule has 1 aliphatic heterocycles. The molecule has 1 heterocycles. The predicted molar refractivity (Wildman–Crippen MR) is 99.7 cm³/mol. The van der Waals surface area contributed by atoms with E-state index in [0.29, 0.717) is 0 Å². The second-order valence-corrected chi connectivity index (χ2v) is 7.10. The first-order chi connectivity index (χ1) is 11.1. The Kier molecular flexibility index (Phi) is 4.89. The number of hydrogen-bond donors (Lipinski definition) is 0. The van der Waals surface area contributed by atoms with Crippen molar-refractivity contribution in [2.24, 2.45) is 0 Å². The third-order valence-electron chi connectivity index (χ3n) is 5.80. The molecule has 0 atom stereocenters. The number of halogens is 1. The van der Waals surface area contributed by atoms with E-state index in [2.05, 4.69) is 61.5 Å². The van der Waals surface area contributed by atoms with Crippen LogP contribution in [-0.2, 0) is 15.0 Å². The maximum absolute atomic E-state index is 5.92. The van der Waals surface area contributed by atoms with Gasteiger partial charge >= 0.3 is 0 Å². The summed E-state index contributed by atoms with van der Waals surface area (Å²) < 4.78 is 11.8. The van der Waals surface area contributed by atoms with Crippen LogP contribution in [0.25, 0.3) is 10.8 Å². The third kappa shape index (κ3) is 2.84. The van der Waals surface area contributed by atoms with Gasteiger partial charge in [-0.25, -0.2) is 0 Å². The van der Waals surface area contributed by atoms with Crippen molar-refractivity contribution in [3.8, 4) is 0 Å². The SMILES string of the molecule is CN(C)C1(c2ccc3ccccc3c2)CCC2(CC1)OCCO2.Cl. The first-order valence-electron chi connectivity index (χ1n) is 8.58. The van der Waals surface area contributed by atoms with Gasteiger partial charge in [0.25, 0.3) is 0 Å². The van der Waals surface area contributed by atoms with Gasteiger partial charge in [-0.05, 0) is 49.3 Å². The van der Waals surface area contributed by atoms with Crippen LogP contribution < -0.4 is 0 Å². The molecule has 4 heteroatoms. The highest BCUT2D eigenvalue weighted by atomic mass is 35.5. The number of nitrogens with zero attached hydrogens (tertiary/aromatic N) is 1. The maximum atomic E-state index is 5.92. The molecule has 3 nitrogen and oxygen atoms in total. The first-order valence-corrected chi connectivity index (χ1v) is 8.58. The third-order valence-corrected chi connectivity index (χ3v) is 5.80. The van der Waals surface area contributed by atoms with E-state index in [1.54, 1.807) is 0 Å². The second-order valence-electron chi connectivity index (χ2n) is 7.10. The molecule has 0 amide bonds. The van der Waals surface area contributed by atoms with E-state index < -0.39 is 0 Å². The summed E-state index contributed by atoms with van der Waals surface area (Å²) in [6.45, 7) is 1.48. The van der Waals surface area contributed by atoms with Crippen molar-refractivity contribution in [3.63, 3.8) is 0 Å². The average Bonchev–Trinajstić information content (AvgIpc) is 3.03. The molecule has 0 radical (unpaired) electrons. The Morgan fingerprint density at radius 2 is 1.46 bits per heavy atom. The molecule has 2 aromatic rings. The van der Waals surface area contributed by atoms with Gasteiger partial charge < -0.3 is 9.47 Å². The Bertz CT molecular complexity index is 700. The summed E-state index contributed by atoms with van der Waals surface area (Å²) in [4.78, 5) is 2.39. The minimum Gasteiger partial charge on any atom is -0.348 e. The van der Waals surface area contributed by atoms with Crippen molar-refractivity contribution >= 4 is 23.2 Å². The largest absolute Gasteiger partial charge is 0.348 e. The van der Waals surface area contributed by atoms with E-state index in [4.69, 9.17) is 9.47 Å². The van der Waals surface area contributed by atoms with E-state index in [1.165, 1.54) is 16.3 Å². The lowest BCUT2D eigenvalue weighted by Gasteiger charge is -2.48. The lowest BCUT2D eigenvalue weighted by Crippen LogP contribution is -2.49. The molecule has 1 aliphatic carbocycles. The van der Waals surface area contributed by atoms with Crippen molar-refractivity contribution in [2.75, 3.05) is 27.3 Å². The highest BCUT2D eigenvalue weighted by Crippen LogP contribution is 2.47. The fraction of sp³-hybridized carbons (Fsp3) is 0.500. The summed E-state index contributed by atoms with van der Waals surface area (Å²) in [6, 6.07) is 15.5. The molecular weight excluding hydrogens is 322 g/mol.